The van der Waals surface area contributed by atoms with Gasteiger partial charge < -0.3 is 15.4 Å². The summed E-state index contributed by atoms with van der Waals surface area (Å²) >= 11 is 7.26. The van der Waals surface area contributed by atoms with Gasteiger partial charge >= 0.3 is 5.97 Å². The highest BCUT2D eigenvalue weighted by Gasteiger charge is 2.35. The van der Waals surface area contributed by atoms with Gasteiger partial charge in [-0.1, -0.05) is 65.8 Å². The third kappa shape index (κ3) is 6.10. The molecule has 0 unspecified atom stereocenters. The molecule has 2 aromatic rings. The number of rotatable bonds is 8. The second kappa shape index (κ2) is 11.6. The first-order chi connectivity index (χ1) is 16.3. The van der Waals surface area contributed by atoms with Crippen LogP contribution in [-0.4, -0.2) is 24.2 Å². The van der Waals surface area contributed by atoms with Crippen LogP contribution in [0.1, 0.15) is 24.0 Å². The molecule has 1 heterocycles. The lowest BCUT2D eigenvalue weighted by molar-refractivity contribution is -0.138. The van der Waals surface area contributed by atoms with Crippen LogP contribution in [0.15, 0.2) is 83.1 Å². The van der Waals surface area contributed by atoms with Crippen molar-refractivity contribution in [2.75, 3.05) is 17.7 Å². The molecule has 0 saturated carbocycles. The van der Waals surface area contributed by atoms with E-state index in [4.69, 9.17) is 16.3 Å². The molecule has 0 saturated heterocycles. The zero-order valence-electron chi connectivity index (χ0n) is 18.9. The molecule has 6 nitrogen and oxygen atoms in total. The van der Waals surface area contributed by atoms with E-state index in [0.29, 0.717) is 32.6 Å². The Bertz CT molecular complexity index is 1200. The number of dihydropyridines is 1. The van der Waals surface area contributed by atoms with Gasteiger partial charge in [0, 0.05) is 16.4 Å². The Morgan fingerprint density at radius 1 is 1.21 bits per heavy atom. The van der Waals surface area contributed by atoms with Gasteiger partial charge in [-0.15, -0.1) is 0 Å². The Hall–Kier alpha value is -3.47. The molecule has 2 aromatic carbocycles. The number of hydrogen-bond donors (Lipinski definition) is 2. The Morgan fingerprint density at radius 2 is 1.88 bits per heavy atom. The van der Waals surface area contributed by atoms with Crippen LogP contribution in [0.5, 0.6) is 0 Å². The van der Waals surface area contributed by atoms with E-state index in [1.165, 1.54) is 17.8 Å². The fourth-order valence-electron chi connectivity index (χ4n) is 3.47. The molecule has 0 spiro atoms. The lowest BCUT2D eigenvalue weighted by atomic mass is 9.82. The third-order valence-electron chi connectivity index (χ3n) is 5.09. The van der Waals surface area contributed by atoms with E-state index in [1.807, 2.05) is 31.2 Å². The van der Waals surface area contributed by atoms with Crippen molar-refractivity contribution in [2.45, 2.75) is 19.8 Å². The molecule has 2 N–H and O–H groups in total. The average molecular weight is 494 g/mol. The van der Waals surface area contributed by atoms with Crippen molar-refractivity contribution in [3.8, 4) is 6.07 Å². The van der Waals surface area contributed by atoms with Crippen LogP contribution in [0.2, 0.25) is 5.02 Å². The molecule has 0 radical (unpaired) electrons. The second-order valence-electron chi connectivity index (χ2n) is 7.59. The van der Waals surface area contributed by atoms with Crippen LogP contribution in [-0.2, 0) is 14.3 Å². The highest BCUT2D eigenvalue weighted by atomic mass is 35.5. The van der Waals surface area contributed by atoms with E-state index in [1.54, 1.807) is 31.2 Å². The number of allylic oxidation sites excluding steroid dienone is 2. The number of halogens is 1. The molecule has 34 heavy (non-hydrogen) atoms. The summed E-state index contributed by atoms with van der Waals surface area (Å²) in [6, 6.07) is 16.7. The standard InChI is InChI=1S/C26H24ClN3O3S/c1-4-13-33-26(32)23-17(3)29-25(21(14-28)24(23)18-7-9-19(27)10-8-18)34-15-22(31)30-20-11-5-16(2)6-12-20/h4-12,24,29H,1,13,15H2,2-3H3,(H,30,31)/t24-/m0/s1. The largest absolute Gasteiger partial charge is 0.458 e. The number of esters is 1. The Kier molecular flexibility index (Phi) is 8.58. The van der Waals surface area contributed by atoms with Crippen molar-refractivity contribution in [1.82, 2.24) is 5.32 Å². The lowest BCUT2D eigenvalue weighted by Crippen LogP contribution is -2.29. The topological polar surface area (TPSA) is 91.2 Å². The predicted octanol–water partition coefficient (Wildman–Crippen LogP) is 5.45. The van der Waals surface area contributed by atoms with Crippen LogP contribution in [0.4, 0.5) is 5.69 Å². The van der Waals surface area contributed by atoms with E-state index < -0.39 is 11.9 Å². The van der Waals surface area contributed by atoms with Crippen LogP contribution in [0.25, 0.3) is 0 Å². The molecule has 174 valence electrons. The molecule has 0 bridgehead atoms. The van der Waals surface area contributed by atoms with Crippen LogP contribution >= 0.6 is 23.4 Å². The van der Waals surface area contributed by atoms with Crippen molar-refractivity contribution in [3.63, 3.8) is 0 Å². The van der Waals surface area contributed by atoms with Gasteiger partial charge in [0.2, 0.25) is 5.91 Å². The van der Waals surface area contributed by atoms with Gasteiger partial charge in [0.25, 0.3) is 0 Å². The average Bonchev–Trinajstić information content (AvgIpc) is 2.82. The fraction of sp³-hybridized carbons (Fsp3) is 0.192. The summed E-state index contributed by atoms with van der Waals surface area (Å²) in [6.45, 7) is 7.34. The summed E-state index contributed by atoms with van der Waals surface area (Å²) in [4.78, 5) is 25.4. The van der Waals surface area contributed by atoms with Gasteiger partial charge in [-0.05, 0) is 43.7 Å². The molecule has 0 aromatic heterocycles. The smallest absolute Gasteiger partial charge is 0.337 e. The van der Waals surface area contributed by atoms with Crippen molar-refractivity contribution < 1.29 is 14.3 Å². The first kappa shape index (κ1) is 25.2. The van der Waals surface area contributed by atoms with Gasteiger partial charge in [-0.25, -0.2) is 4.79 Å². The van der Waals surface area contributed by atoms with Gasteiger partial charge in [0.15, 0.2) is 0 Å². The van der Waals surface area contributed by atoms with E-state index in [9.17, 15) is 14.9 Å². The maximum Gasteiger partial charge on any atom is 0.337 e. The normalized spacial score (nSPS) is 15.3. The molecule has 0 fully saturated rings. The number of hydrogen-bond acceptors (Lipinski definition) is 6. The number of nitrogens with one attached hydrogen (secondary N) is 2. The number of carbonyl (C=O) groups is 2. The van der Waals surface area contributed by atoms with E-state index in [2.05, 4.69) is 23.3 Å². The molecule has 1 aliphatic heterocycles. The van der Waals surface area contributed by atoms with Crippen molar-refractivity contribution in [1.29, 1.82) is 5.26 Å². The number of aryl methyl sites for hydroxylation is 1. The summed E-state index contributed by atoms with van der Waals surface area (Å²) in [7, 11) is 0. The predicted molar refractivity (Wildman–Crippen MR) is 136 cm³/mol. The number of nitriles is 1. The van der Waals surface area contributed by atoms with Crippen molar-refractivity contribution in [2.24, 2.45) is 0 Å². The Morgan fingerprint density at radius 3 is 2.50 bits per heavy atom. The lowest BCUT2D eigenvalue weighted by Gasteiger charge is -2.29. The minimum absolute atomic E-state index is 0.0509. The van der Waals surface area contributed by atoms with E-state index >= 15 is 0 Å². The third-order valence-corrected chi connectivity index (χ3v) is 6.36. The minimum Gasteiger partial charge on any atom is -0.458 e. The molecular formula is C26H24ClN3O3S. The number of anilines is 1. The van der Waals surface area contributed by atoms with Crippen molar-refractivity contribution >= 4 is 40.9 Å². The van der Waals surface area contributed by atoms with Crippen LogP contribution < -0.4 is 10.6 Å². The Balaban J connectivity index is 1.88. The van der Waals surface area contributed by atoms with E-state index in [-0.39, 0.29) is 18.3 Å². The number of carbonyl (C=O) groups excluding carboxylic acids is 2. The number of nitrogens with zero attached hydrogens (tertiary/aromatic N) is 1. The summed E-state index contributed by atoms with van der Waals surface area (Å²) < 4.78 is 5.29. The quantitative estimate of drug-likeness (QED) is 0.375. The molecule has 1 aliphatic rings. The monoisotopic (exact) mass is 493 g/mol. The SMILES string of the molecule is C=CCOC(=O)C1=C(C)NC(SCC(=O)Nc2ccc(C)cc2)=C(C#N)[C@@H]1c1ccc(Cl)cc1. The number of thioether (sulfide) groups is 1. The molecular weight excluding hydrogens is 470 g/mol. The summed E-state index contributed by atoms with van der Waals surface area (Å²) in [6.07, 6.45) is 1.48. The molecule has 8 heteroatoms. The zero-order chi connectivity index (χ0) is 24.7. The maximum atomic E-state index is 12.9. The minimum atomic E-state index is -0.663. The highest BCUT2D eigenvalue weighted by Crippen LogP contribution is 2.41. The number of amides is 1. The number of ether oxygens (including phenoxy) is 1. The molecule has 1 amide bonds. The van der Waals surface area contributed by atoms with Crippen LogP contribution in [0.3, 0.4) is 0 Å². The zero-order valence-corrected chi connectivity index (χ0v) is 20.4. The fourth-order valence-corrected chi connectivity index (χ4v) is 4.49. The summed E-state index contributed by atoms with van der Waals surface area (Å²) in [5.74, 6) is -1.33. The maximum absolute atomic E-state index is 12.9. The van der Waals surface area contributed by atoms with Gasteiger partial charge in [0.05, 0.1) is 33.9 Å². The van der Waals surface area contributed by atoms with Gasteiger partial charge in [-0.3, -0.25) is 4.79 Å². The summed E-state index contributed by atoms with van der Waals surface area (Å²) in [5, 5.41) is 17.1. The first-order valence-corrected chi connectivity index (χ1v) is 11.8. The molecule has 1 atom stereocenters. The Labute approximate surface area is 208 Å². The van der Waals surface area contributed by atoms with E-state index in [0.717, 1.165) is 11.1 Å². The number of benzene rings is 2. The first-order valence-electron chi connectivity index (χ1n) is 10.5. The van der Waals surface area contributed by atoms with Crippen molar-refractivity contribution in [3.05, 3.63) is 99.2 Å². The van der Waals surface area contributed by atoms with Gasteiger partial charge in [-0.2, -0.15) is 5.26 Å². The molecule has 0 aliphatic carbocycles. The molecule has 3 rings (SSSR count). The van der Waals surface area contributed by atoms with Crippen LogP contribution in [0, 0.1) is 18.3 Å². The second-order valence-corrected chi connectivity index (χ2v) is 9.01. The highest BCUT2D eigenvalue weighted by molar-refractivity contribution is 8.03. The summed E-state index contributed by atoms with van der Waals surface area (Å²) in [5.41, 5.74) is 3.72. The van der Waals surface area contributed by atoms with Gasteiger partial charge in [0.1, 0.15) is 6.61 Å².